The molecule has 0 saturated carbocycles. The number of H-pyrrole nitrogens is 1. The van der Waals surface area contributed by atoms with Gasteiger partial charge in [0.2, 0.25) is 0 Å². The maximum Gasteiger partial charge on any atom is 0.272 e. The molecule has 6 heteroatoms. The molecule has 0 unspecified atom stereocenters. The van der Waals surface area contributed by atoms with Crippen LogP contribution < -0.4 is 14.8 Å². The van der Waals surface area contributed by atoms with Crippen LogP contribution in [0.1, 0.15) is 21.7 Å². The van der Waals surface area contributed by atoms with Crippen LogP contribution in [0.3, 0.4) is 0 Å². The van der Waals surface area contributed by atoms with Crippen LogP contribution in [0.25, 0.3) is 0 Å². The van der Waals surface area contributed by atoms with E-state index < -0.39 is 0 Å². The average Bonchev–Trinajstić information content (AvgIpc) is 3.14. The molecule has 25 heavy (non-hydrogen) atoms. The molecule has 3 aromatic rings. The maximum absolute atomic E-state index is 12.2. The van der Waals surface area contributed by atoms with E-state index in [4.69, 9.17) is 9.47 Å². The quantitative estimate of drug-likeness (QED) is 0.695. The Morgan fingerprint density at radius 3 is 2.56 bits per heavy atom. The molecule has 1 amide bonds. The number of nitrogens with one attached hydrogen (secondary N) is 2. The highest BCUT2D eigenvalue weighted by Gasteiger charge is 2.11. The highest BCUT2D eigenvalue weighted by atomic mass is 16.5. The van der Waals surface area contributed by atoms with Crippen molar-refractivity contribution >= 4 is 5.91 Å². The lowest BCUT2D eigenvalue weighted by Gasteiger charge is -2.08. The van der Waals surface area contributed by atoms with Gasteiger partial charge in [0.05, 0.1) is 12.8 Å². The van der Waals surface area contributed by atoms with Gasteiger partial charge in [-0.2, -0.15) is 5.10 Å². The summed E-state index contributed by atoms with van der Waals surface area (Å²) in [7, 11) is 1.59. The minimum Gasteiger partial charge on any atom is -0.493 e. The van der Waals surface area contributed by atoms with Crippen molar-refractivity contribution in [3.8, 4) is 11.5 Å². The molecule has 0 saturated heterocycles. The molecule has 0 atom stereocenters. The predicted molar refractivity (Wildman–Crippen MR) is 93.5 cm³/mol. The fourth-order valence-electron chi connectivity index (χ4n) is 2.31. The summed E-state index contributed by atoms with van der Waals surface area (Å²) < 4.78 is 10.9. The molecule has 3 rings (SSSR count). The van der Waals surface area contributed by atoms with Crippen LogP contribution in [0.15, 0.2) is 60.7 Å². The first-order chi connectivity index (χ1) is 12.3. The first-order valence-corrected chi connectivity index (χ1v) is 7.88. The molecule has 2 aromatic carbocycles. The SMILES string of the molecule is COc1ccccc1OCc1cc(C(=O)NCc2ccccc2)n[nH]1. The Kier molecular flexibility index (Phi) is 5.31. The van der Waals surface area contributed by atoms with Gasteiger partial charge in [-0.15, -0.1) is 0 Å². The normalized spacial score (nSPS) is 10.3. The third-order valence-electron chi connectivity index (χ3n) is 3.61. The van der Waals surface area contributed by atoms with E-state index in [0.717, 1.165) is 5.56 Å². The zero-order valence-corrected chi connectivity index (χ0v) is 13.9. The topological polar surface area (TPSA) is 76.2 Å². The molecular formula is C19H19N3O3. The molecule has 0 bridgehead atoms. The second-order valence-electron chi connectivity index (χ2n) is 5.39. The van der Waals surface area contributed by atoms with Gasteiger partial charge in [0, 0.05) is 6.54 Å². The molecule has 0 fully saturated rings. The van der Waals surface area contributed by atoms with Gasteiger partial charge in [-0.05, 0) is 23.8 Å². The Bertz CT molecular complexity index is 831. The molecule has 0 radical (unpaired) electrons. The third-order valence-corrected chi connectivity index (χ3v) is 3.61. The van der Waals surface area contributed by atoms with Gasteiger partial charge in [-0.3, -0.25) is 9.89 Å². The second kappa shape index (κ2) is 8.01. The summed E-state index contributed by atoms with van der Waals surface area (Å²) in [6.07, 6.45) is 0. The second-order valence-corrected chi connectivity index (χ2v) is 5.39. The number of hydrogen-bond donors (Lipinski definition) is 2. The highest BCUT2D eigenvalue weighted by Crippen LogP contribution is 2.26. The standard InChI is InChI=1S/C19H19N3O3/c1-24-17-9-5-6-10-18(17)25-13-15-11-16(22-21-15)19(23)20-12-14-7-3-2-4-8-14/h2-11H,12-13H2,1H3,(H,20,23)(H,21,22). The smallest absolute Gasteiger partial charge is 0.272 e. The van der Waals surface area contributed by atoms with E-state index >= 15 is 0 Å². The molecule has 6 nitrogen and oxygen atoms in total. The highest BCUT2D eigenvalue weighted by molar-refractivity contribution is 5.92. The number of ether oxygens (including phenoxy) is 2. The largest absolute Gasteiger partial charge is 0.493 e. The van der Waals surface area contributed by atoms with Crippen molar-refractivity contribution in [1.29, 1.82) is 0 Å². The summed E-state index contributed by atoms with van der Waals surface area (Å²) >= 11 is 0. The van der Waals surface area contributed by atoms with Crippen molar-refractivity contribution in [2.75, 3.05) is 7.11 Å². The number of carbonyl (C=O) groups excluding carboxylic acids is 1. The first kappa shape index (κ1) is 16.6. The maximum atomic E-state index is 12.2. The Morgan fingerprint density at radius 1 is 1.08 bits per heavy atom. The zero-order valence-electron chi connectivity index (χ0n) is 13.9. The molecule has 0 spiro atoms. The van der Waals surface area contributed by atoms with Crippen LogP contribution in [0.4, 0.5) is 0 Å². The number of hydrogen-bond acceptors (Lipinski definition) is 4. The fourth-order valence-corrected chi connectivity index (χ4v) is 2.31. The predicted octanol–water partition coefficient (Wildman–Crippen LogP) is 2.93. The lowest BCUT2D eigenvalue weighted by atomic mass is 10.2. The number of carbonyl (C=O) groups is 1. The van der Waals surface area contributed by atoms with Gasteiger partial charge in [0.15, 0.2) is 11.5 Å². The van der Waals surface area contributed by atoms with Crippen molar-refractivity contribution in [3.63, 3.8) is 0 Å². The molecule has 0 aliphatic heterocycles. The monoisotopic (exact) mass is 337 g/mol. The van der Waals surface area contributed by atoms with E-state index in [2.05, 4.69) is 15.5 Å². The summed E-state index contributed by atoms with van der Waals surface area (Å²) in [5, 5.41) is 9.69. The van der Waals surface area contributed by atoms with E-state index in [0.29, 0.717) is 29.4 Å². The molecular weight excluding hydrogens is 318 g/mol. The number of methoxy groups -OCH3 is 1. The van der Waals surface area contributed by atoms with Crippen LogP contribution in [-0.2, 0) is 13.2 Å². The van der Waals surface area contributed by atoms with Gasteiger partial charge in [0.1, 0.15) is 12.3 Å². The molecule has 1 aromatic heterocycles. The Balaban J connectivity index is 1.55. The van der Waals surface area contributed by atoms with Gasteiger partial charge >= 0.3 is 0 Å². The van der Waals surface area contributed by atoms with E-state index in [9.17, 15) is 4.79 Å². The number of aromatic amines is 1. The summed E-state index contributed by atoms with van der Waals surface area (Å²) in [5.41, 5.74) is 2.07. The number of rotatable bonds is 7. The minimum atomic E-state index is -0.233. The van der Waals surface area contributed by atoms with Crippen LogP contribution in [0, 0.1) is 0 Å². The summed E-state index contributed by atoms with van der Waals surface area (Å²) in [4.78, 5) is 12.2. The van der Waals surface area contributed by atoms with Crippen molar-refractivity contribution in [2.24, 2.45) is 0 Å². The minimum absolute atomic E-state index is 0.233. The lowest BCUT2D eigenvalue weighted by molar-refractivity contribution is 0.0946. The molecule has 0 aliphatic carbocycles. The van der Waals surface area contributed by atoms with Crippen molar-refractivity contribution in [1.82, 2.24) is 15.5 Å². The van der Waals surface area contributed by atoms with Crippen molar-refractivity contribution in [3.05, 3.63) is 77.6 Å². The third kappa shape index (κ3) is 4.38. The molecule has 1 heterocycles. The number of benzene rings is 2. The zero-order chi connectivity index (χ0) is 17.5. The van der Waals surface area contributed by atoms with Gasteiger partial charge in [-0.1, -0.05) is 42.5 Å². The van der Waals surface area contributed by atoms with Crippen molar-refractivity contribution in [2.45, 2.75) is 13.2 Å². The van der Waals surface area contributed by atoms with Crippen LogP contribution >= 0.6 is 0 Å². The molecule has 0 aliphatic rings. The van der Waals surface area contributed by atoms with Crippen molar-refractivity contribution < 1.29 is 14.3 Å². The average molecular weight is 337 g/mol. The van der Waals surface area contributed by atoms with Gasteiger partial charge in [0.25, 0.3) is 5.91 Å². The lowest BCUT2D eigenvalue weighted by Crippen LogP contribution is -2.23. The van der Waals surface area contributed by atoms with E-state index in [-0.39, 0.29) is 12.5 Å². The van der Waals surface area contributed by atoms with Gasteiger partial charge < -0.3 is 14.8 Å². The Labute approximate surface area is 145 Å². The van der Waals surface area contributed by atoms with Crippen LogP contribution in [0.5, 0.6) is 11.5 Å². The van der Waals surface area contributed by atoms with Crippen LogP contribution in [-0.4, -0.2) is 23.2 Å². The number of para-hydroxylation sites is 2. The van der Waals surface area contributed by atoms with E-state index in [1.807, 2.05) is 54.6 Å². The molecule has 2 N–H and O–H groups in total. The van der Waals surface area contributed by atoms with E-state index in [1.54, 1.807) is 13.2 Å². The Morgan fingerprint density at radius 2 is 1.80 bits per heavy atom. The Hall–Kier alpha value is -3.28. The van der Waals surface area contributed by atoms with Crippen LogP contribution in [0.2, 0.25) is 0 Å². The number of amides is 1. The van der Waals surface area contributed by atoms with Gasteiger partial charge in [-0.25, -0.2) is 0 Å². The summed E-state index contributed by atoms with van der Waals surface area (Å²) in [6, 6.07) is 18.8. The first-order valence-electron chi connectivity index (χ1n) is 7.88. The number of nitrogens with zero attached hydrogens (tertiary/aromatic N) is 1. The number of aromatic nitrogens is 2. The summed E-state index contributed by atoms with van der Waals surface area (Å²) in [6.45, 7) is 0.721. The molecule has 128 valence electrons. The summed E-state index contributed by atoms with van der Waals surface area (Å²) in [5.74, 6) is 1.06. The van der Waals surface area contributed by atoms with E-state index in [1.165, 1.54) is 0 Å². The fraction of sp³-hybridized carbons (Fsp3) is 0.158.